The molecule has 2 aromatic heterocycles. The van der Waals surface area contributed by atoms with E-state index in [0.717, 1.165) is 5.56 Å². The van der Waals surface area contributed by atoms with Crippen molar-refractivity contribution in [1.82, 2.24) is 4.98 Å². The number of hydrogen-bond donors (Lipinski definition) is 0. The Morgan fingerprint density at radius 3 is 2.61 bits per heavy atom. The minimum absolute atomic E-state index is 0.0210. The van der Waals surface area contributed by atoms with Gasteiger partial charge < -0.3 is 4.42 Å². The zero-order valence-corrected chi connectivity index (χ0v) is 17.9. The molecule has 4 rings (SSSR count). The predicted octanol–water partition coefficient (Wildman–Crippen LogP) is 7.35. The molecule has 0 unspecified atom stereocenters. The van der Waals surface area contributed by atoms with E-state index < -0.39 is 4.92 Å². The van der Waals surface area contributed by atoms with Gasteiger partial charge in [-0.1, -0.05) is 35.3 Å². The summed E-state index contributed by atoms with van der Waals surface area (Å²) >= 11 is 13.4. The van der Waals surface area contributed by atoms with Gasteiger partial charge in [0.25, 0.3) is 5.69 Å². The van der Waals surface area contributed by atoms with Crippen LogP contribution in [-0.2, 0) is 0 Å². The maximum atomic E-state index is 11.0. The van der Waals surface area contributed by atoms with Crippen molar-refractivity contribution in [3.05, 3.63) is 90.9 Å². The number of rotatable bonds is 5. The highest BCUT2D eigenvalue weighted by Gasteiger charge is 2.13. The number of non-ortho nitro benzene ring substituents is 1. The second-order valence-electron chi connectivity index (χ2n) is 6.38. The Morgan fingerprint density at radius 2 is 1.90 bits per heavy atom. The molecule has 0 aliphatic carbocycles. The lowest BCUT2D eigenvalue weighted by Gasteiger charge is -1.99. The smallest absolute Gasteiger partial charge is 0.270 e. The summed E-state index contributed by atoms with van der Waals surface area (Å²) in [6.45, 7) is 0. The molecule has 0 bridgehead atoms. The number of hydrogen-bond acceptors (Lipinski definition) is 6. The Kier molecular flexibility index (Phi) is 5.87. The van der Waals surface area contributed by atoms with Gasteiger partial charge in [0.15, 0.2) is 0 Å². The fraction of sp³-hybridized carbons (Fsp3) is 0. The second kappa shape index (κ2) is 8.74. The van der Waals surface area contributed by atoms with Gasteiger partial charge >= 0.3 is 0 Å². The number of thiazole rings is 1. The maximum absolute atomic E-state index is 11.0. The molecule has 0 radical (unpaired) electrons. The summed E-state index contributed by atoms with van der Waals surface area (Å²) in [6.07, 6.45) is 1.59. The monoisotopic (exact) mass is 467 g/mol. The number of nitriles is 1. The number of nitro benzene ring substituents is 1. The van der Waals surface area contributed by atoms with Crippen LogP contribution in [0.4, 0.5) is 5.69 Å². The third-order valence-corrected chi connectivity index (χ3v) is 5.58. The molecule has 0 atom stereocenters. The van der Waals surface area contributed by atoms with Gasteiger partial charge in [0.05, 0.1) is 16.2 Å². The Morgan fingerprint density at radius 1 is 1.13 bits per heavy atom. The largest absolute Gasteiger partial charge is 0.457 e. The molecule has 0 spiro atoms. The van der Waals surface area contributed by atoms with Crippen LogP contribution in [0.2, 0.25) is 10.0 Å². The fourth-order valence-corrected chi connectivity index (χ4v) is 4.20. The van der Waals surface area contributed by atoms with Gasteiger partial charge in [-0.05, 0) is 30.3 Å². The molecular weight excluding hydrogens is 457 g/mol. The van der Waals surface area contributed by atoms with Crippen LogP contribution >= 0.6 is 34.5 Å². The van der Waals surface area contributed by atoms with Gasteiger partial charge in [-0.3, -0.25) is 10.1 Å². The second-order valence-corrected chi connectivity index (χ2v) is 8.11. The lowest BCUT2D eigenvalue weighted by atomic mass is 10.1. The van der Waals surface area contributed by atoms with Gasteiger partial charge in [-0.25, -0.2) is 4.98 Å². The van der Waals surface area contributed by atoms with Crippen molar-refractivity contribution < 1.29 is 9.34 Å². The summed E-state index contributed by atoms with van der Waals surface area (Å²) in [5.74, 6) is 1.03. The number of aromatic nitrogens is 1. The number of benzene rings is 2. The van der Waals surface area contributed by atoms with Crippen molar-refractivity contribution in [2.24, 2.45) is 0 Å². The minimum atomic E-state index is -0.459. The summed E-state index contributed by atoms with van der Waals surface area (Å²) in [7, 11) is 0. The molecule has 6 nitrogen and oxygen atoms in total. The Hall–Kier alpha value is -3.44. The molecule has 0 aliphatic rings. The van der Waals surface area contributed by atoms with Crippen molar-refractivity contribution in [3.8, 4) is 28.7 Å². The highest BCUT2D eigenvalue weighted by molar-refractivity contribution is 7.11. The van der Waals surface area contributed by atoms with Crippen molar-refractivity contribution in [2.45, 2.75) is 0 Å². The zero-order valence-electron chi connectivity index (χ0n) is 15.6. The normalized spacial score (nSPS) is 11.3. The molecule has 31 heavy (non-hydrogen) atoms. The molecule has 0 saturated heterocycles. The molecule has 0 saturated carbocycles. The first-order chi connectivity index (χ1) is 14.9. The average Bonchev–Trinajstić information content (AvgIpc) is 3.41. The van der Waals surface area contributed by atoms with Crippen LogP contribution in [0.1, 0.15) is 10.8 Å². The number of allylic oxidation sites excluding steroid dienone is 1. The minimum Gasteiger partial charge on any atom is -0.457 e. The van der Waals surface area contributed by atoms with E-state index in [-0.39, 0.29) is 5.69 Å². The van der Waals surface area contributed by atoms with Gasteiger partial charge in [0, 0.05) is 44.8 Å². The van der Waals surface area contributed by atoms with E-state index in [4.69, 9.17) is 27.6 Å². The summed E-state index contributed by atoms with van der Waals surface area (Å²) in [5.41, 5.74) is 2.17. The van der Waals surface area contributed by atoms with Crippen molar-refractivity contribution in [1.29, 1.82) is 5.26 Å². The first-order valence-electron chi connectivity index (χ1n) is 8.82. The Balaban J connectivity index is 1.63. The summed E-state index contributed by atoms with van der Waals surface area (Å²) in [5, 5.41) is 23.8. The van der Waals surface area contributed by atoms with E-state index in [1.54, 1.807) is 53.9 Å². The molecule has 2 heterocycles. The fourth-order valence-electron chi connectivity index (χ4n) is 2.87. The third-order valence-electron chi connectivity index (χ3n) is 4.27. The van der Waals surface area contributed by atoms with Crippen LogP contribution in [0.15, 0.2) is 64.4 Å². The standard InChI is InChI=1S/C22H11Cl2N3O3S/c23-16-6-14(7-17(24)10-16)21-5-4-19(30-21)9-15(11-25)22-26-20(12-31-22)13-2-1-3-18(8-13)27(28)29/h1-10,12H/b15-9+. The van der Waals surface area contributed by atoms with Crippen molar-refractivity contribution in [2.75, 3.05) is 0 Å². The van der Waals surface area contributed by atoms with Gasteiger partial charge in [-0.15, -0.1) is 11.3 Å². The molecule has 2 aromatic carbocycles. The van der Waals surface area contributed by atoms with Crippen LogP contribution < -0.4 is 0 Å². The predicted molar refractivity (Wildman–Crippen MR) is 122 cm³/mol. The van der Waals surface area contributed by atoms with Gasteiger partial charge in [0.1, 0.15) is 22.6 Å². The summed E-state index contributed by atoms with van der Waals surface area (Å²) < 4.78 is 5.82. The Labute approximate surface area is 190 Å². The van der Waals surface area contributed by atoms with Crippen LogP contribution in [-0.4, -0.2) is 9.91 Å². The van der Waals surface area contributed by atoms with E-state index >= 15 is 0 Å². The number of furan rings is 1. The highest BCUT2D eigenvalue weighted by Crippen LogP contribution is 2.32. The summed E-state index contributed by atoms with van der Waals surface area (Å²) in [4.78, 5) is 15.0. The summed E-state index contributed by atoms with van der Waals surface area (Å²) in [6, 6.07) is 16.9. The molecule has 0 aliphatic heterocycles. The lowest BCUT2D eigenvalue weighted by Crippen LogP contribution is -1.88. The lowest BCUT2D eigenvalue weighted by molar-refractivity contribution is -0.384. The van der Waals surface area contributed by atoms with Crippen LogP contribution in [0, 0.1) is 21.4 Å². The zero-order chi connectivity index (χ0) is 22.0. The number of nitro groups is 1. The maximum Gasteiger partial charge on any atom is 0.270 e. The SMILES string of the molecule is N#C/C(=C\c1ccc(-c2cc(Cl)cc(Cl)c2)o1)c1nc(-c2cccc([N+](=O)[O-])c2)cs1. The van der Waals surface area contributed by atoms with Crippen LogP contribution in [0.3, 0.4) is 0 Å². The van der Waals surface area contributed by atoms with Gasteiger partial charge in [0.2, 0.25) is 0 Å². The average molecular weight is 468 g/mol. The number of halogens is 2. The van der Waals surface area contributed by atoms with E-state index in [9.17, 15) is 15.4 Å². The molecule has 0 amide bonds. The first-order valence-corrected chi connectivity index (χ1v) is 10.5. The van der Waals surface area contributed by atoms with E-state index in [1.165, 1.54) is 23.5 Å². The van der Waals surface area contributed by atoms with Crippen molar-refractivity contribution >= 4 is 51.9 Å². The highest BCUT2D eigenvalue weighted by atomic mass is 35.5. The molecular formula is C22H11Cl2N3O3S. The van der Waals surface area contributed by atoms with E-state index in [2.05, 4.69) is 11.1 Å². The van der Waals surface area contributed by atoms with Crippen molar-refractivity contribution in [3.63, 3.8) is 0 Å². The van der Waals surface area contributed by atoms with E-state index in [0.29, 0.717) is 43.4 Å². The molecule has 152 valence electrons. The topological polar surface area (TPSA) is 93.0 Å². The molecule has 4 aromatic rings. The first kappa shape index (κ1) is 20.8. The Bertz CT molecular complexity index is 1350. The van der Waals surface area contributed by atoms with Crippen LogP contribution in [0.25, 0.3) is 34.2 Å². The molecule has 9 heteroatoms. The molecule has 0 N–H and O–H groups in total. The van der Waals surface area contributed by atoms with E-state index in [1.807, 2.05) is 0 Å². The number of nitrogens with zero attached hydrogens (tertiary/aromatic N) is 3. The third kappa shape index (κ3) is 4.67. The van der Waals surface area contributed by atoms with Crippen LogP contribution in [0.5, 0.6) is 0 Å². The quantitative estimate of drug-likeness (QED) is 0.173. The molecule has 0 fully saturated rings. The van der Waals surface area contributed by atoms with Gasteiger partial charge in [-0.2, -0.15) is 5.26 Å².